The highest BCUT2D eigenvalue weighted by Gasteiger charge is 2.26. The average Bonchev–Trinajstić information content (AvgIpc) is 3.53. The number of thiophene rings is 1. The predicted octanol–water partition coefficient (Wildman–Crippen LogP) is 4.04. The molecule has 0 spiro atoms. The summed E-state index contributed by atoms with van der Waals surface area (Å²) in [5.41, 5.74) is 1.77. The number of amides is 1. The van der Waals surface area contributed by atoms with Crippen molar-refractivity contribution in [2.45, 2.75) is 30.8 Å². The lowest BCUT2D eigenvalue weighted by Crippen LogP contribution is -2.33. The molecule has 1 aliphatic rings. The van der Waals surface area contributed by atoms with Gasteiger partial charge in [-0.25, -0.2) is 13.4 Å². The Labute approximate surface area is 198 Å². The molecular weight excluding hydrogens is 478 g/mol. The molecule has 7 nitrogen and oxygen atoms in total. The molecule has 2 aromatic carbocycles. The SMILES string of the molecule is CCS(=O)(=O)NC(=O)CSc1nc2sccc2c(=O)n1-c1ccc(C2CC2)c2ccccc12. The largest absolute Gasteiger partial charge is 0.273 e. The third-order valence-corrected chi connectivity index (χ3v) is 8.69. The number of hydrogen-bond donors (Lipinski definition) is 1. The number of sulfonamides is 1. The normalized spacial score (nSPS) is 14.1. The molecule has 4 aromatic rings. The smallest absolute Gasteiger partial charge is 0.267 e. The zero-order valence-corrected chi connectivity index (χ0v) is 20.2. The van der Waals surface area contributed by atoms with Gasteiger partial charge < -0.3 is 0 Å². The molecule has 1 aliphatic carbocycles. The van der Waals surface area contributed by atoms with Gasteiger partial charge in [-0.1, -0.05) is 42.1 Å². The first-order chi connectivity index (χ1) is 15.9. The van der Waals surface area contributed by atoms with E-state index in [2.05, 4.69) is 17.1 Å². The lowest BCUT2D eigenvalue weighted by atomic mass is 9.99. The number of carbonyl (C=O) groups excluding carboxylic acids is 1. The Morgan fingerprint density at radius 3 is 2.64 bits per heavy atom. The van der Waals surface area contributed by atoms with Crippen molar-refractivity contribution >= 4 is 60.0 Å². The average molecular weight is 500 g/mol. The van der Waals surface area contributed by atoms with Crippen LogP contribution in [0.5, 0.6) is 0 Å². The van der Waals surface area contributed by atoms with E-state index in [0.717, 1.165) is 22.5 Å². The molecule has 1 amide bonds. The molecule has 5 rings (SSSR count). The van der Waals surface area contributed by atoms with Crippen molar-refractivity contribution in [3.8, 4) is 5.69 Å². The van der Waals surface area contributed by atoms with Gasteiger partial charge in [-0.05, 0) is 54.1 Å². The maximum Gasteiger partial charge on any atom is 0.267 e. The number of benzene rings is 2. The number of nitrogens with one attached hydrogen (secondary N) is 1. The summed E-state index contributed by atoms with van der Waals surface area (Å²) in [6.07, 6.45) is 2.34. The number of carbonyl (C=O) groups is 1. The van der Waals surface area contributed by atoms with Crippen LogP contribution in [0.4, 0.5) is 0 Å². The Bertz CT molecular complexity index is 1550. The van der Waals surface area contributed by atoms with Gasteiger partial charge in [0, 0.05) is 5.39 Å². The molecule has 1 fully saturated rings. The minimum Gasteiger partial charge on any atom is -0.273 e. The maximum absolute atomic E-state index is 13.5. The van der Waals surface area contributed by atoms with E-state index in [1.165, 1.54) is 36.7 Å². The van der Waals surface area contributed by atoms with Gasteiger partial charge in [-0.3, -0.25) is 18.9 Å². The fraction of sp³-hybridized carbons (Fsp3) is 0.261. The Morgan fingerprint density at radius 2 is 1.91 bits per heavy atom. The molecule has 10 heteroatoms. The van der Waals surface area contributed by atoms with Crippen molar-refractivity contribution in [3.63, 3.8) is 0 Å². The highest BCUT2D eigenvalue weighted by Crippen LogP contribution is 2.44. The molecule has 1 saturated carbocycles. The molecule has 1 N–H and O–H groups in total. The number of aromatic nitrogens is 2. The number of fused-ring (bicyclic) bond motifs is 2. The summed E-state index contributed by atoms with van der Waals surface area (Å²) in [5, 5.41) is 4.73. The first-order valence-electron chi connectivity index (χ1n) is 10.6. The lowest BCUT2D eigenvalue weighted by molar-refractivity contribution is -0.116. The second kappa shape index (κ2) is 8.58. The number of hydrogen-bond acceptors (Lipinski definition) is 7. The molecule has 170 valence electrons. The predicted molar refractivity (Wildman–Crippen MR) is 133 cm³/mol. The molecule has 33 heavy (non-hydrogen) atoms. The number of rotatable bonds is 7. The van der Waals surface area contributed by atoms with Crippen molar-refractivity contribution in [1.82, 2.24) is 14.3 Å². The van der Waals surface area contributed by atoms with Crippen LogP contribution in [-0.4, -0.2) is 35.4 Å². The highest BCUT2D eigenvalue weighted by atomic mass is 32.2. The quantitative estimate of drug-likeness (QED) is 0.304. The summed E-state index contributed by atoms with van der Waals surface area (Å²) in [7, 11) is -3.65. The molecule has 0 aliphatic heterocycles. The van der Waals surface area contributed by atoms with Gasteiger partial charge >= 0.3 is 0 Å². The van der Waals surface area contributed by atoms with E-state index < -0.39 is 15.9 Å². The molecule has 2 heterocycles. The van der Waals surface area contributed by atoms with Gasteiger partial charge in [-0.15, -0.1) is 11.3 Å². The fourth-order valence-corrected chi connectivity index (χ4v) is 6.13. The third-order valence-electron chi connectivity index (χ3n) is 5.64. The van der Waals surface area contributed by atoms with E-state index in [1.807, 2.05) is 34.4 Å². The van der Waals surface area contributed by atoms with E-state index in [1.54, 1.807) is 10.6 Å². The van der Waals surface area contributed by atoms with E-state index in [0.29, 0.717) is 27.0 Å². The third kappa shape index (κ3) is 4.30. The van der Waals surface area contributed by atoms with Crippen LogP contribution in [-0.2, 0) is 14.8 Å². The fourth-order valence-electron chi connectivity index (χ4n) is 3.86. The molecule has 0 bridgehead atoms. The summed E-state index contributed by atoms with van der Waals surface area (Å²) in [6, 6.07) is 13.8. The van der Waals surface area contributed by atoms with E-state index in [9.17, 15) is 18.0 Å². The van der Waals surface area contributed by atoms with Gasteiger partial charge in [0.1, 0.15) is 4.83 Å². The monoisotopic (exact) mass is 499 g/mol. The van der Waals surface area contributed by atoms with Crippen molar-refractivity contribution < 1.29 is 13.2 Å². The van der Waals surface area contributed by atoms with Crippen LogP contribution in [0.15, 0.2) is 57.8 Å². The first-order valence-corrected chi connectivity index (χ1v) is 14.1. The van der Waals surface area contributed by atoms with Gasteiger partial charge in [-0.2, -0.15) is 0 Å². The van der Waals surface area contributed by atoms with Crippen molar-refractivity contribution in [2.75, 3.05) is 11.5 Å². The van der Waals surface area contributed by atoms with Crippen LogP contribution in [0.25, 0.3) is 26.7 Å². The Kier molecular flexibility index (Phi) is 5.75. The second-order valence-electron chi connectivity index (χ2n) is 7.89. The van der Waals surface area contributed by atoms with E-state index >= 15 is 0 Å². The van der Waals surface area contributed by atoms with Gasteiger partial charge in [0.15, 0.2) is 5.16 Å². The van der Waals surface area contributed by atoms with Crippen LogP contribution in [0.3, 0.4) is 0 Å². The Hall–Kier alpha value is -2.69. The minimum absolute atomic E-state index is 0.180. The molecular formula is C23H21N3O4S3. The zero-order chi connectivity index (χ0) is 23.2. The highest BCUT2D eigenvalue weighted by molar-refractivity contribution is 8.00. The van der Waals surface area contributed by atoms with Crippen LogP contribution < -0.4 is 10.3 Å². The molecule has 0 radical (unpaired) electrons. The van der Waals surface area contributed by atoms with Crippen molar-refractivity contribution in [1.29, 1.82) is 0 Å². The summed E-state index contributed by atoms with van der Waals surface area (Å²) in [4.78, 5) is 31.0. The van der Waals surface area contributed by atoms with Gasteiger partial charge in [0.2, 0.25) is 15.9 Å². The topological polar surface area (TPSA) is 98.1 Å². The number of thioether (sulfide) groups is 1. The van der Waals surface area contributed by atoms with Crippen molar-refractivity contribution in [3.05, 3.63) is 63.8 Å². The standard InChI is InChI=1S/C23H21N3O4S3/c1-2-33(29,30)25-20(27)13-32-23-24-21-18(11-12-31-21)22(28)26(23)19-10-9-15(14-7-8-14)16-5-3-4-6-17(16)19/h3-6,9-12,14H,2,7-8,13H2,1H3,(H,25,27). The van der Waals surface area contributed by atoms with E-state index in [4.69, 9.17) is 0 Å². The second-order valence-corrected chi connectivity index (χ2v) is 11.7. The zero-order valence-electron chi connectivity index (χ0n) is 17.8. The van der Waals surface area contributed by atoms with Gasteiger partial charge in [0.25, 0.3) is 5.56 Å². The molecule has 0 saturated heterocycles. The molecule has 2 aromatic heterocycles. The van der Waals surface area contributed by atoms with Crippen LogP contribution in [0, 0.1) is 0 Å². The maximum atomic E-state index is 13.5. The van der Waals surface area contributed by atoms with Crippen molar-refractivity contribution in [2.24, 2.45) is 0 Å². The first kappa shape index (κ1) is 22.1. The van der Waals surface area contributed by atoms with Crippen LogP contribution in [0.2, 0.25) is 0 Å². The van der Waals surface area contributed by atoms with E-state index in [-0.39, 0.29) is 17.1 Å². The van der Waals surface area contributed by atoms with Crippen LogP contribution in [0.1, 0.15) is 31.2 Å². The molecule has 0 unspecified atom stereocenters. The number of nitrogens with zero attached hydrogens (tertiary/aromatic N) is 2. The summed E-state index contributed by atoms with van der Waals surface area (Å²) < 4.78 is 27.0. The van der Waals surface area contributed by atoms with Gasteiger partial charge in [0.05, 0.1) is 22.6 Å². The summed E-state index contributed by atoms with van der Waals surface area (Å²) >= 11 is 2.40. The molecule has 0 atom stereocenters. The summed E-state index contributed by atoms with van der Waals surface area (Å²) in [6.45, 7) is 1.46. The minimum atomic E-state index is -3.65. The Morgan fingerprint density at radius 1 is 1.15 bits per heavy atom. The summed E-state index contributed by atoms with van der Waals surface area (Å²) in [5.74, 6) is -0.466. The Balaban J connectivity index is 1.63. The lowest BCUT2D eigenvalue weighted by Gasteiger charge is -2.16. The van der Waals surface area contributed by atoms with Crippen LogP contribution >= 0.6 is 23.1 Å².